The van der Waals surface area contributed by atoms with Gasteiger partial charge in [0.25, 0.3) is 0 Å². The lowest BCUT2D eigenvalue weighted by molar-refractivity contribution is 0.0600. The molecule has 2 aromatic rings. The van der Waals surface area contributed by atoms with Crippen LogP contribution in [0.2, 0.25) is 0 Å². The summed E-state index contributed by atoms with van der Waals surface area (Å²) in [6.07, 6.45) is 1.45. The molecule has 21 heavy (non-hydrogen) atoms. The highest BCUT2D eigenvalue weighted by molar-refractivity contribution is 5.88. The van der Waals surface area contributed by atoms with Crippen molar-refractivity contribution in [2.75, 3.05) is 20.0 Å². The van der Waals surface area contributed by atoms with Crippen molar-refractivity contribution >= 4 is 11.7 Å². The number of anilines is 1. The Bertz CT molecular complexity index is 626. The molecule has 0 atom stereocenters. The van der Waals surface area contributed by atoms with Gasteiger partial charge in [-0.2, -0.15) is 0 Å². The van der Waals surface area contributed by atoms with Crippen molar-refractivity contribution in [3.63, 3.8) is 0 Å². The third-order valence-electron chi connectivity index (χ3n) is 2.84. The molecule has 0 unspecified atom stereocenters. The van der Waals surface area contributed by atoms with Gasteiger partial charge in [-0.1, -0.05) is 0 Å². The number of nitrogens with zero attached hydrogens (tertiary/aromatic N) is 1. The van der Waals surface area contributed by atoms with E-state index in [1.54, 1.807) is 37.4 Å². The van der Waals surface area contributed by atoms with Crippen molar-refractivity contribution in [2.45, 2.75) is 6.61 Å². The van der Waals surface area contributed by atoms with Crippen molar-refractivity contribution < 1.29 is 19.0 Å². The number of carbonyl (C=O) groups excluding carboxylic acids is 1. The van der Waals surface area contributed by atoms with Crippen LogP contribution in [-0.4, -0.2) is 25.2 Å². The Morgan fingerprint density at radius 1 is 1.24 bits per heavy atom. The van der Waals surface area contributed by atoms with Crippen LogP contribution in [0, 0.1) is 0 Å². The lowest BCUT2D eigenvalue weighted by Crippen LogP contribution is -2.04. The fourth-order valence-electron chi connectivity index (χ4n) is 1.69. The SMILES string of the molecule is COC(=O)c1ccc(COc2ccc(OC)cc2N)nc1. The smallest absolute Gasteiger partial charge is 0.339 e. The summed E-state index contributed by atoms with van der Waals surface area (Å²) in [4.78, 5) is 15.4. The first-order valence-corrected chi connectivity index (χ1v) is 6.23. The minimum Gasteiger partial charge on any atom is -0.497 e. The van der Waals surface area contributed by atoms with Gasteiger partial charge in [-0.15, -0.1) is 0 Å². The summed E-state index contributed by atoms with van der Waals surface area (Å²) in [6.45, 7) is 0.248. The maximum Gasteiger partial charge on any atom is 0.339 e. The van der Waals surface area contributed by atoms with Crippen LogP contribution in [0.15, 0.2) is 36.5 Å². The number of ether oxygens (including phenoxy) is 3. The van der Waals surface area contributed by atoms with Crippen LogP contribution in [0.25, 0.3) is 0 Å². The fourth-order valence-corrected chi connectivity index (χ4v) is 1.69. The van der Waals surface area contributed by atoms with Crippen LogP contribution >= 0.6 is 0 Å². The van der Waals surface area contributed by atoms with Gasteiger partial charge in [0.2, 0.25) is 0 Å². The molecule has 0 amide bonds. The third kappa shape index (κ3) is 3.62. The Kier molecular flexibility index (Phi) is 4.61. The Morgan fingerprint density at radius 2 is 2.05 bits per heavy atom. The Balaban J connectivity index is 2.01. The first kappa shape index (κ1) is 14.6. The van der Waals surface area contributed by atoms with E-state index in [9.17, 15) is 4.79 Å². The number of methoxy groups -OCH3 is 2. The quantitative estimate of drug-likeness (QED) is 0.669. The van der Waals surface area contributed by atoms with E-state index in [-0.39, 0.29) is 6.61 Å². The highest BCUT2D eigenvalue weighted by atomic mass is 16.5. The van der Waals surface area contributed by atoms with Gasteiger partial charge >= 0.3 is 5.97 Å². The zero-order chi connectivity index (χ0) is 15.2. The molecule has 6 heteroatoms. The van der Waals surface area contributed by atoms with E-state index in [0.29, 0.717) is 28.4 Å². The molecule has 1 heterocycles. The number of nitrogen functional groups attached to an aromatic ring is 1. The van der Waals surface area contributed by atoms with Gasteiger partial charge in [-0.25, -0.2) is 4.79 Å². The molecule has 2 N–H and O–H groups in total. The average Bonchev–Trinajstić information content (AvgIpc) is 2.53. The van der Waals surface area contributed by atoms with Crippen LogP contribution in [-0.2, 0) is 11.3 Å². The topological polar surface area (TPSA) is 83.7 Å². The lowest BCUT2D eigenvalue weighted by Gasteiger charge is -2.10. The Hall–Kier alpha value is -2.76. The molecule has 0 aliphatic heterocycles. The molecule has 0 aliphatic rings. The zero-order valence-corrected chi connectivity index (χ0v) is 11.8. The lowest BCUT2D eigenvalue weighted by atomic mass is 10.2. The first-order chi connectivity index (χ1) is 10.1. The third-order valence-corrected chi connectivity index (χ3v) is 2.84. The van der Waals surface area contributed by atoms with Crippen molar-refractivity contribution in [1.29, 1.82) is 0 Å². The van der Waals surface area contributed by atoms with E-state index in [1.165, 1.54) is 13.3 Å². The highest BCUT2D eigenvalue weighted by Crippen LogP contribution is 2.26. The van der Waals surface area contributed by atoms with Gasteiger partial charge in [-0.05, 0) is 24.3 Å². The summed E-state index contributed by atoms with van der Waals surface area (Å²) in [6, 6.07) is 8.51. The van der Waals surface area contributed by atoms with Gasteiger partial charge in [0, 0.05) is 12.3 Å². The molecule has 1 aromatic heterocycles. The predicted octanol–water partition coefficient (Wildman–Crippen LogP) is 2.04. The number of hydrogen-bond acceptors (Lipinski definition) is 6. The molecule has 0 aliphatic carbocycles. The van der Waals surface area contributed by atoms with Crippen molar-refractivity contribution in [3.8, 4) is 11.5 Å². The molecule has 0 saturated heterocycles. The summed E-state index contributed by atoms with van der Waals surface area (Å²) in [7, 11) is 2.90. The second-order valence-electron chi connectivity index (χ2n) is 4.22. The van der Waals surface area contributed by atoms with Crippen molar-refractivity contribution in [1.82, 2.24) is 4.98 Å². The molecular formula is C15H16N2O4. The van der Waals surface area contributed by atoms with Crippen molar-refractivity contribution in [3.05, 3.63) is 47.8 Å². The number of aromatic nitrogens is 1. The number of benzene rings is 1. The number of hydrogen-bond donors (Lipinski definition) is 1. The summed E-state index contributed by atoms with van der Waals surface area (Å²) < 4.78 is 15.3. The van der Waals surface area contributed by atoms with Crippen LogP contribution in [0.4, 0.5) is 5.69 Å². The standard InChI is InChI=1S/C15H16N2O4/c1-19-12-5-6-14(13(16)7-12)21-9-11-4-3-10(8-17-11)15(18)20-2/h3-8H,9,16H2,1-2H3. The number of nitrogens with two attached hydrogens (primary N) is 1. The maximum absolute atomic E-state index is 11.3. The molecule has 0 fully saturated rings. The molecule has 6 nitrogen and oxygen atoms in total. The second kappa shape index (κ2) is 6.60. The summed E-state index contributed by atoms with van der Waals surface area (Å²) in [5.74, 6) is 0.796. The minimum atomic E-state index is -0.422. The summed E-state index contributed by atoms with van der Waals surface area (Å²) >= 11 is 0. The monoisotopic (exact) mass is 288 g/mol. The largest absolute Gasteiger partial charge is 0.497 e. The van der Waals surface area contributed by atoms with Gasteiger partial charge in [-0.3, -0.25) is 4.98 Å². The zero-order valence-electron chi connectivity index (χ0n) is 11.8. The highest BCUT2D eigenvalue weighted by Gasteiger charge is 2.07. The van der Waals surface area contributed by atoms with Crippen LogP contribution < -0.4 is 15.2 Å². The summed E-state index contributed by atoms with van der Waals surface area (Å²) in [5, 5.41) is 0. The van der Waals surface area contributed by atoms with Crippen LogP contribution in [0.3, 0.4) is 0 Å². The molecule has 1 aromatic carbocycles. The molecular weight excluding hydrogens is 272 g/mol. The van der Waals surface area contributed by atoms with E-state index >= 15 is 0 Å². The van der Waals surface area contributed by atoms with Crippen LogP contribution in [0.5, 0.6) is 11.5 Å². The number of carbonyl (C=O) groups is 1. The van der Waals surface area contributed by atoms with Gasteiger partial charge in [0.05, 0.1) is 31.2 Å². The average molecular weight is 288 g/mol. The number of pyridine rings is 1. The molecule has 0 saturated carbocycles. The fraction of sp³-hybridized carbons (Fsp3) is 0.200. The number of rotatable bonds is 5. The van der Waals surface area contributed by atoms with E-state index in [2.05, 4.69) is 9.72 Å². The van der Waals surface area contributed by atoms with E-state index < -0.39 is 5.97 Å². The van der Waals surface area contributed by atoms with E-state index in [1.807, 2.05) is 0 Å². The second-order valence-corrected chi connectivity index (χ2v) is 4.22. The van der Waals surface area contributed by atoms with Crippen molar-refractivity contribution in [2.24, 2.45) is 0 Å². The van der Waals surface area contributed by atoms with Gasteiger partial charge in [0.1, 0.15) is 18.1 Å². The minimum absolute atomic E-state index is 0.248. The van der Waals surface area contributed by atoms with Gasteiger partial charge < -0.3 is 19.9 Å². The predicted molar refractivity (Wildman–Crippen MR) is 77.3 cm³/mol. The molecule has 0 bridgehead atoms. The summed E-state index contributed by atoms with van der Waals surface area (Å²) in [5.41, 5.74) is 7.42. The van der Waals surface area contributed by atoms with Crippen LogP contribution in [0.1, 0.15) is 16.1 Å². The molecule has 0 radical (unpaired) electrons. The number of esters is 1. The van der Waals surface area contributed by atoms with Gasteiger partial charge in [0.15, 0.2) is 0 Å². The Morgan fingerprint density at radius 3 is 2.62 bits per heavy atom. The molecule has 0 spiro atoms. The first-order valence-electron chi connectivity index (χ1n) is 6.23. The normalized spacial score (nSPS) is 10.0. The Labute approximate surface area is 122 Å². The van der Waals surface area contributed by atoms with E-state index in [0.717, 1.165) is 0 Å². The molecule has 2 rings (SSSR count). The molecule has 110 valence electrons. The van der Waals surface area contributed by atoms with E-state index in [4.69, 9.17) is 15.2 Å². The maximum atomic E-state index is 11.3.